The van der Waals surface area contributed by atoms with Crippen LogP contribution in [0.3, 0.4) is 0 Å². The van der Waals surface area contributed by atoms with Crippen molar-refractivity contribution < 1.29 is 35.9 Å². The second-order valence-electron chi connectivity index (χ2n) is 5.34. The average Bonchev–Trinajstić information content (AvgIpc) is 2.43. The summed E-state index contributed by atoms with van der Waals surface area (Å²) in [5.41, 5.74) is 0. The van der Waals surface area contributed by atoms with E-state index in [-0.39, 0.29) is 25.9 Å². The van der Waals surface area contributed by atoms with E-state index < -0.39 is 42.8 Å². The fourth-order valence-electron chi connectivity index (χ4n) is 2.23. The molecule has 1 aliphatic rings. The van der Waals surface area contributed by atoms with E-state index >= 15 is 0 Å². The van der Waals surface area contributed by atoms with Gasteiger partial charge in [0.15, 0.2) is 0 Å². The van der Waals surface area contributed by atoms with E-state index in [1.165, 1.54) is 17.1 Å². The minimum Gasteiger partial charge on any atom is -0.329 e. The van der Waals surface area contributed by atoms with Gasteiger partial charge in [-0.25, -0.2) is 4.79 Å². The first kappa shape index (κ1) is 19.5. The summed E-state index contributed by atoms with van der Waals surface area (Å²) in [6.45, 7) is -0.459. The summed E-state index contributed by atoms with van der Waals surface area (Å²) >= 11 is 0. The van der Waals surface area contributed by atoms with Crippen LogP contribution in [0.15, 0.2) is 0 Å². The smallest absolute Gasteiger partial charge is 0.329 e. The van der Waals surface area contributed by atoms with E-state index in [1.54, 1.807) is 5.32 Å². The summed E-state index contributed by atoms with van der Waals surface area (Å²) in [5.74, 6) is -2.52. The van der Waals surface area contributed by atoms with Gasteiger partial charge >= 0.3 is 18.4 Å². The molecule has 1 fully saturated rings. The Morgan fingerprint density at radius 3 is 2.35 bits per heavy atom. The number of likely N-dealkylation sites (tertiary alicyclic amines) is 1. The van der Waals surface area contributed by atoms with Crippen LogP contribution < -0.4 is 10.6 Å². The fourth-order valence-corrected chi connectivity index (χ4v) is 2.23. The first-order chi connectivity index (χ1) is 10.4. The van der Waals surface area contributed by atoms with Crippen LogP contribution >= 0.6 is 0 Å². The predicted molar refractivity (Wildman–Crippen MR) is 67.4 cm³/mol. The number of carbonyl (C=O) groups is 2. The normalized spacial score (nSPS) is 21.6. The Morgan fingerprint density at radius 1 is 1.22 bits per heavy atom. The first-order valence-electron chi connectivity index (χ1n) is 6.86. The number of imide groups is 1. The van der Waals surface area contributed by atoms with Crippen molar-refractivity contribution in [3.05, 3.63) is 0 Å². The highest BCUT2D eigenvalue weighted by Crippen LogP contribution is 2.33. The third-order valence-electron chi connectivity index (χ3n) is 3.53. The van der Waals surface area contributed by atoms with Crippen molar-refractivity contribution in [3.8, 4) is 0 Å². The molecule has 23 heavy (non-hydrogen) atoms. The maximum atomic E-state index is 12.7. The number of hydrogen-bond acceptors (Lipinski definition) is 3. The molecule has 1 aliphatic heterocycles. The van der Waals surface area contributed by atoms with E-state index in [2.05, 4.69) is 0 Å². The van der Waals surface area contributed by atoms with E-state index in [9.17, 15) is 35.9 Å². The van der Waals surface area contributed by atoms with Gasteiger partial charge in [-0.05, 0) is 26.3 Å². The van der Waals surface area contributed by atoms with Gasteiger partial charge in [-0.15, -0.1) is 0 Å². The first-order valence-corrected chi connectivity index (χ1v) is 6.86. The highest BCUT2D eigenvalue weighted by molar-refractivity contribution is 5.96. The lowest BCUT2D eigenvalue weighted by Gasteiger charge is -2.36. The Kier molecular flexibility index (Phi) is 6.25. The van der Waals surface area contributed by atoms with Crippen LogP contribution in [0, 0.1) is 5.92 Å². The van der Waals surface area contributed by atoms with Crippen LogP contribution in [-0.4, -0.2) is 54.9 Å². The molecule has 2 atom stereocenters. The van der Waals surface area contributed by atoms with Crippen molar-refractivity contribution in [2.45, 2.75) is 38.2 Å². The maximum absolute atomic E-state index is 12.7. The third-order valence-corrected chi connectivity index (χ3v) is 3.53. The van der Waals surface area contributed by atoms with Gasteiger partial charge in [0.05, 0.1) is 12.0 Å². The van der Waals surface area contributed by atoms with Gasteiger partial charge in [-0.1, -0.05) is 0 Å². The zero-order chi connectivity index (χ0) is 17.8. The molecule has 5 nitrogen and oxygen atoms in total. The zero-order valence-electron chi connectivity index (χ0n) is 12.2. The molecule has 2 N–H and O–H groups in total. The Labute approximate surface area is 128 Å². The largest absolute Gasteiger partial charge is 0.405 e. The molecule has 134 valence electrons. The van der Waals surface area contributed by atoms with Gasteiger partial charge in [0, 0.05) is 6.54 Å². The van der Waals surface area contributed by atoms with Gasteiger partial charge in [-0.3, -0.25) is 15.0 Å². The molecule has 1 rings (SSSR count). The van der Waals surface area contributed by atoms with Gasteiger partial charge in [-0.2, -0.15) is 26.3 Å². The number of carbonyl (C=O) groups excluding carboxylic acids is 2. The van der Waals surface area contributed by atoms with Crippen LogP contribution in [0.5, 0.6) is 0 Å². The van der Waals surface area contributed by atoms with Crippen LogP contribution in [0.25, 0.3) is 0 Å². The van der Waals surface area contributed by atoms with Crippen LogP contribution in [0.1, 0.15) is 19.8 Å². The number of nitrogens with one attached hydrogen (secondary N) is 2. The highest BCUT2D eigenvalue weighted by Gasteiger charge is 2.43. The number of alkyl halides is 6. The number of rotatable bonds is 3. The zero-order valence-corrected chi connectivity index (χ0v) is 12.2. The van der Waals surface area contributed by atoms with Crippen molar-refractivity contribution in [1.82, 2.24) is 15.5 Å². The van der Waals surface area contributed by atoms with Gasteiger partial charge in [0.2, 0.25) is 5.91 Å². The number of piperidine rings is 1. The quantitative estimate of drug-likeness (QED) is 0.767. The summed E-state index contributed by atoms with van der Waals surface area (Å²) in [7, 11) is 0. The van der Waals surface area contributed by atoms with Crippen molar-refractivity contribution in [1.29, 1.82) is 0 Å². The molecule has 0 aromatic heterocycles. The molecule has 0 aliphatic carbocycles. The van der Waals surface area contributed by atoms with E-state index in [1.807, 2.05) is 0 Å². The molecular weight excluding hydrogens is 332 g/mol. The molecule has 0 saturated carbocycles. The highest BCUT2D eigenvalue weighted by atomic mass is 19.4. The van der Waals surface area contributed by atoms with Crippen molar-refractivity contribution in [3.63, 3.8) is 0 Å². The molecule has 3 amide bonds. The van der Waals surface area contributed by atoms with E-state index in [0.29, 0.717) is 0 Å². The maximum Gasteiger partial charge on any atom is 0.405 e. The Balaban J connectivity index is 2.51. The van der Waals surface area contributed by atoms with Crippen molar-refractivity contribution in [2.24, 2.45) is 5.92 Å². The predicted octanol–water partition coefficient (Wildman–Crippen LogP) is 2.04. The monoisotopic (exact) mass is 349 g/mol. The van der Waals surface area contributed by atoms with Crippen LogP contribution in [0.4, 0.5) is 31.1 Å². The number of hydrogen-bond donors (Lipinski definition) is 2. The van der Waals surface area contributed by atoms with E-state index in [4.69, 9.17) is 0 Å². The number of halogens is 6. The van der Waals surface area contributed by atoms with Gasteiger partial charge < -0.3 is 5.32 Å². The second kappa shape index (κ2) is 7.37. The molecule has 1 saturated heterocycles. The molecule has 0 aromatic rings. The topological polar surface area (TPSA) is 61.4 Å². The lowest BCUT2D eigenvalue weighted by Crippen LogP contribution is -2.54. The van der Waals surface area contributed by atoms with Crippen LogP contribution in [0.2, 0.25) is 0 Å². The fraction of sp³-hybridized carbons (Fsp3) is 0.833. The molecule has 11 heteroatoms. The standard InChI is InChI=1S/C12H17F6N3O2/c1-7(9(22)20-10(23)19-6-11(13,14)15)21-4-2-3-8(5-21)12(16,17)18/h7-8H,2-6H2,1H3,(H2,19,20,22,23)/t7-,8-/m1/s1. The second-order valence-corrected chi connectivity index (χ2v) is 5.34. The third kappa shape index (κ3) is 6.63. The summed E-state index contributed by atoms with van der Waals surface area (Å²) < 4.78 is 73.9. The lowest BCUT2D eigenvalue weighted by molar-refractivity contribution is -0.188. The van der Waals surface area contributed by atoms with Crippen LogP contribution in [-0.2, 0) is 4.79 Å². The minimum atomic E-state index is -4.63. The van der Waals surface area contributed by atoms with Crippen molar-refractivity contribution >= 4 is 11.9 Å². The lowest BCUT2D eigenvalue weighted by atomic mass is 9.96. The Hall–Kier alpha value is -1.52. The minimum absolute atomic E-state index is 0.0413. The molecule has 1 heterocycles. The van der Waals surface area contributed by atoms with Gasteiger partial charge in [0.1, 0.15) is 6.54 Å². The SMILES string of the molecule is C[C@H](C(=O)NC(=O)NCC(F)(F)F)N1CCC[C@@H](C(F)(F)F)C1. The van der Waals surface area contributed by atoms with E-state index in [0.717, 1.165) is 0 Å². The van der Waals surface area contributed by atoms with Gasteiger partial charge in [0.25, 0.3) is 0 Å². The number of nitrogens with zero attached hydrogens (tertiary/aromatic N) is 1. The average molecular weight is 349 g/mol. The Morgan fingerprint density at radius 2 is 1.83 bits per heavy atom. The number of urea groups is 1. The molecular formula is C12H17F6N3O2. The molecule has 0 bridgehead atoms. The number of amides is 3. The molecule has 0 unspecified atom stereocenters. The summed E-state index contributed by atoms with van der Waals surface area (Å²) in [4.78, 5) is 24.2. The summed E-state index contributed by atoms with van der Waals surface area (Å²) in [6, 6.07) is -2.40. The molecule has 0 spiro atoms. The van der Waals surface area contributed by atoms with Crippen molar-refractivity contribution in [2.75, 3.05) is 19.6 Å². The summed E-state index contributed by atoms with van der Waals surface area (Å²) in [6.07, 6.45) is -8.81. The molecule has 0 radical (unpaired) electrons. The summed E-state index contributed by atoms with van der Waals surface area (Å²) in [5, 5.41) is 3.14. The Bertz CT molecular complexity index is 437. The molecule has 0 aromatic carbocycles.